The molecule has 0 spiro atoms. The van der Waals surface area contributed by atoms with Crippen molar-refractivity contribution in [1.82, 2.24) is 15.2 Å². The van der Waals surface area contributed by atoms with Crippen LogP contribution in [0.4, 0.5) is 0 Å². The van der Waals surface area contributed by atoms with Gasteiger partial charge in [-0.2, -0.15) is 0 Å². The fourth-order valence-electron chi connectivity index (χ4n) is 4.32. The molecular weight excluding hydrogens is 342 g/mol. The molecule has 2 unspecified atom stereocenters. The van der Waals surface area contributed by atoms with E-state index in [2.05, 4.69) is 29.0 Å². The summed E-state index contributed by atoms with van der Waals surface area (Å²) in [7, 11) is 1.37. The molecule has 0 bridgehead atoms. The molecular formula is C21H35N3O3. The van der Waals surface area contributed by atoms with Crippen LogP contribution in [0.5, 0.6) is 0 Å². The highest BCUT2D eigenvalue weighted by Gasteiger charge is 2.25. The molecule has 0 aromatic carbocycles. The lowest BCUT2D eigenvalue weighted by Gasteiger charge is -2.34. The highest BCUT2D eigenvalue weighted by atomic mass is 16.5. The maximum Gasteiger partial charge on any atom is 0.339 e. The third-order valence-corrected chi connectivity index (χ3v) is 5.29. The van der Waals surface area contributed by atoms with Crippen molar-refractivity contribution in [2.24, 2.45) is 11.8 Å². The topological polar surface area (TPSA) is 74.4 Å². The van der Waals surface area contributed by atoms with E-state index >= 15 is 0 Å². The Labute approximate surface area is 163 Å². The summed E-state index contributed by atoms with van der Waals surface area (Å²) in [4.78, 5) is 30.3. The van der Waals surface area contributed by atoms with Crippen molar-refractivity contribution in [3.63, 3.8) is 0 Å². The van der Waals surface area contributed by atoms with Crippen molar-refractivity contribution in [3.8, 4) is 0 Å². The summed E-state index contributed by atoms with van der Waals surface area (Å²) in [6.07, 6.45) is 3.76. The van der Waals surface area contributed by atoms with Crippen LogP contribution in [0, 0.1) is 18.8 Å². The van der Waals surface area contributed by atoms with Gasteiger partial charge in [-0.05, 0) is 50.1 Å². The van der Waals surface area contributed by atoms with E-state index in [1.165, 1.54) is 13.5 Å². The number of carbonyl (C=O) groups is 2. The van der Waals surface area contributed by atoms with E-state index < -0.39 is 0 Å². The van der Waals surface area contributed by atoms with Gasteiger partial charge in [0.25, 0.3) is 5.91 Å². The van der Waals surface area contributed by atoms with E-state index in [4.69, 9.17) is 4.74 Å². The van der Waals surface area contributed by atoms with Gasteiger partial charge in [0.15, 0.2) is 0 Å². The average molecular weight is 378 g/mol. The lowest BCUT2D eigenvalue weighted by molar-refractivity contribution is 0.0599. The van der Waals surface area contributed by atoms with Crippen LogP contribution < -0.4 is 5.32 Å². The first kappa shape index (κ1) is 21.5. The Morgan fingerprint density at radius 3 is 2.52 bits per heavy atom. The number of likely N-dealkylation sites (tertiary alicyclic amines) is 1. The molecule has 2 atom stereocenters. The minimum Gasteiger partial charge on any atom is -0.465 e. The molecule has 0 radical (unpaired) electrons. The number of hydrogen-bond acceptors (Lipinski definition) is 4. The number of aromatic nitrogens is 1. The Bertz CT molecular complexity index is 643. The Kier molecular flexibility index (Phi) is 7.90. The highest BCUT2D eigenvalue weighted by Crippen LogP contribution is 2.22. The lowest BCUT2D eigenvalue weighted by Crippen LogP contribution is -2.40. The first-order valence-electron chi connectivity index (χ1n) is 10.2. The van der Waals surface area contributed by atoms with Crippen molar-refractivity contribution in [1.29, 1.82) is 0 Å². The summed E-state index contributed by atoms with van der Waals surface area (Å²) in [6, 6.07) is 0. The van der Waals surface area contributed by atoms with Gasteiger partial charge in [-0.3, -0.25) is 4.79 Å². The zero-order chi connectivity index (χ0) is 20.0. The van der Waals surface area contributed by atoms with Crippen LogP contribution in [-0.4, -0.2) is 55.0 Å². The van der Waals surface area contributed by atoms with Gasteiger partial charge in [0.1, 0.15) is 5.69 Å². The number of rotatable bonds is 8. The summed E-state index contributed by atoms with van der Waals surface area (Å²) in [5.41, 5.74) is 2.44. The summed E-state index contributed by atoms with van der Waals surface area (Å²) in [6.45, 7) is 12.4. The second-order valence-electron chi connectivity index (χ2n) is 8.04. The van der Waals surface area contributed by atoms with Crippen LogP contribution in [0.3, 0.4) is 0 Å². The fraction of sp³-hybridized carbons (Fsp3) is 0.714. The number of methoxy groups -OCH3 is 1. The molecule has 152 valence electrons. The second kappa shape index (κ2) is 9.93. The Morgan fingerprint density at radius 1 is 1.26 bits per heavy atom. The Hall–Kier alpha value is -1.82. The molecule has 2 rings (SSSR count). The minimum absolute atomic E-state index is 0.142. The van der Waals surface area contributed by atoms with Gasteiger partial charge < -0.3 is 19.9 Å². The zero-order valence-corrected chi connectivity index (χ0v) is 17.5. The molecule has 0 aliphatic carbocycles. The van der Waals surface area contributed by atoms with Gasteiger partial charge in [-0.15, -0.1) is 0 Å². The van der Waals surface area contributed by atoms with Crippen LogP contribution in [0.2, 0.25) is 0 Å². The SMILES string of the molecule is CCCc1c(C(=O)NCCCN2CC(C)CC(C)C2)[nH]c(C)c1C(=O)OC. The number of ether oxygens (including phenoxy) is 1. The van der Waals surface area contributed by atoms with Crippen molar-refractivity contribution >= 4 is 11.9 Å². The lowest BCUT2D eigenvalue weighted by atomic mass is 9.92. The van der Waals surface area contributed by atoms with Gasteiger partial charge in [-0.25, -0.2) is 4.79 Å². The molecule has 6 heteroatoms. The first-order valence-corrected chi connectivity index (χ1v) is 10.2. The summed E-state index contributed by atoms with van der Waals surface area (Å²) >= 11 is 0. The van der Waals surface area contributed by atoms with Crippen LogP contribution in [0.25, 0.3) is 0 Å². The van der Waals surface area contributed by atoms with Gasteiger partial charge in [0.05, 0.1) is 12.7 Å². The number of amides is 1. The maximum absolute atomic E-state index is 12.7. The highest BCUT2D eigenvalue weighted by molar-refractivity contribution is 6.00. The van der Waals surface area contributed by atoms with Gasteiger partial charge in [0.2, 0.25) is 0 Å². The largest absolute Gasteiger partial charge is 0.465 e. The molecule has 1 amide bonds. The molecule has 1 fully saturated rings. The predicted octanol–water partition coefficient (Wildman–Crippen LogP) is 3.16. The summed E-state index contributed by atoms with van der Waals surface area (Å²) < 4.78 is 4.88. The molecule has 27 heavy (non-hydrogen) atoms. The minimum atomic E-state index is -0.389. The molecule has 2 heterocycles. The molecule has 2 N–H and O–H groups in total. The number of nitrogens with zero attached hydrogens (tertiary/aromatic N) is 1. The number of esters is 1. The van der Waals surface area contributed by atoms with Crippen molar-refractivity contribution < 1.29 is 14.3 Å². The van der Waals surface area contributed by atoms with Crippen LogP contribution in [-0.2, 0) is 11.2 Å². The van der Waals surface area contributed by atoms with Crippen LogP contribution in [0.15, 0.2) is 0 Å². The van der Waals surface area contributed by atoms with E-state index in [-0.39, 0.29) is 11.9 Å². The number of carbonyl (C=O) groups excluding carboxylic acids is 2. The summed E-state index contributed by atoms with van der Waals surface area (Å²) in [5, 5.41) is 3.01. The molecule has 1 aromatic rings. The van der Waals surface area contributed by atoms with Gasteiger partial charge >= 0.3 is 5.97 Å². The molecule has 1 aliphatic rings. The third kappa shape index (κ3) is 5.58. The molecule has 0 saturated carbocycles. The molecule has 1 saturated heterocycles. The zero-order valence-electron chi connectivity index (χ0n) is 17.5. The number of H-pyrrole nitrogens is 1. The van der Waals surface area contributed by atoms with Crippen molar-refractivity contribution in [2.75, 3.05) is 33.3 Å². The molecule has 1 aliphatic heterocycles. The second-order valence-corrected chi connectivity index (χ2v) is 8.04. The van der Waals surface area contributed by atoms with E-state index in [0.717, 1.165) is 49.9 Å². The van der Waals surface area contributed by atoms with Crippen molar-refractivity contribution in [3.05, 3.63) is 22.5 Å². The number of nitrogens with one attached hydrogen (secondary N) is 2. The van der Waals surface area contributed by atoms with E-state index in [0.29, 0.717) is 29.9 Å². The maximum atomic E-state index is 12.7. The number of piperidine rings is 1. The third-order valence-electron chi connectivity index (χ3n) is 5.29. The monoisotopic (exact) mass is 377 g/mol. The first-order chi connectivity index (χ1) is 12.9. The molecule has 6 nitrogen and oxygen atoms in total. The van der Waals surface area contributed by atoms with Crippen LogP contribution in [0.1, 0.15) is 72.1 Å². The average Bonchev–Trinajstić information content (AvgIpc) is 2.94. The fourth-order valence-corrected chi connectivity index (χ4v) is 4.32. The van der Waals surface area contributed by atoms with Crippen LogP contribution >= 0.6 is 0 Å². The van der Waals surface area contributed by atoms with Crippen molar-refractivity contribution in [2.45, 2.75) is 53.4 Å². The molecule has 1 aromatic heterocycles. The standard InChI is InChI=1S/C21H35N3O3/c1-6-8-17-18(21(26)27-5)16(4)23-19(17)20(25)22-9-7-10-24-12-14(2)11-15(3)13-24/h14-15,23H,6-13H2,1-5H3,(H,22,25). The van der Waals surface area contributed by atoms with Gasteiger partial charge in [-0.1, -0.05) is 27.2 Å². The van der Waals surface area contributed by atoms with E-state index in [9.17, 15) is 9.59 Å². The smallest absolute Gasteiger partial charge is 0.339 e. The number of aromatic amines is 1. The van der Waals surface area contributed by atoms with Gasteiger partial charge in [0, 0.05) is 25.3 Å². The van der Waals surface area contributed by atoms with E-state index in [1.807, 2.05) is 6.92 Å². The number of hydrogen-bond donors (Lipinski definition) is 2. The number of aryl methyl sites for hydroxylation is 1. The quantitative estimate of drug-likeness (QED) is 0.539. The predicted molar refractivity (Wildman–Crippen MR) is 107 cm³/mol. The Morgan fingerprint density at radius 2 is 1.93 bits per heavy atom. The Balaban J connectivity index is 1.93. The normalized spacial score (nSPS) is 20.5. The summed E-state index contributed by atoms with van der Waals surface area (Å²) in [5.74, 6) is 0.967. The van der Waals surface area contributed by atoms with E-state index in [1.54, 1.807) is 6.92 Å².